The summed E-state index contributed by atoms with van der Waals surface area (Å²) in [4.78, 5) is 36.1. The first-order valence-electron chi connectivity index (χ1n) is 14.1. The molecular weight excluding hydrogens is 602 g/mol. The molecule has 1 aliphatic heterocycles. The highest BCUT2D eigenvalue weighted by molar-refractivity contribution is 7.92. The van der Waals surface area contributed by atoms with E-state index in [9.17, 15) is 22.8 Å². The van der Waals surface area contributed by atoms with E-state index < -0.39 is 22.5 Å². The number of benzene rings is 3. The van der Waals surface area contributed by atoms with Crippen LogP contribution in [0.3, 0.4) is 0 Å². The third kappa shape index (κ3) is 9.78. The SMILES string of the molecule is COc1ccc(N(CC(=O)N/N=C\c2ccc(OCC(=O)NC[C@@H]3CCCO3)cc2)S(=O)(=O)c2ccc(NC(C)=O)cc2)cc1. The maximum absolute atomic E-state index is 13.6. The van der Waals surface area contributed by atoms with Gasteiger partial charge in [0.15, 0.2) is 6.61 Å². The number of nitrogens with zero attached hydrogens (tertiary/aromatic N) is 2. The molecule has 3 N–H and O–H groups in total. The highest BCUT2D eigenvalue weighted by Gasteiger charge is 2.27. The number of hydrogen-bond acceptors (Lipinski definition) is 9. The van der Waals surface area contributed by atoms with Crippen LogP contribution in [-0.2, 0) is 29.1 Å². The molecule has 1 heterocycles. The quantitative estimate of drug-likeness (QED) is 0.179. The number of hydrazone groups is 1. The zero-order valence-corrected chi connectivity index (χ0v) is 25.7. The molecule has 0 radical (unpaired) electrons. The van der Waals surface area contributed by atoms with Crippen molar-refractivity contribution in [3.8, 4) is 11.5 Å². The summed E-state index contributed by atoms with van der Waals surface area (Å²) in [6.07, 6.45) is 3.38. The van der Waals surface area contributed by atoms with Gasteiger partial charge in [0.05, 0.1) is 30.0 Å². The number of sulfonamides is 1. The molecule has 1 atom stereocenters. The van der Waals surface area contributed by atoms with Crippen LogP contribution < -0.4 is 29.8 Å². The summed E-state index contributed by atoms with van der Waals surface area (Å²) in [5, 5.41) is 9.33. The third-order valence-electron chi connectivity index (χ3n) is 6.61. The Morgan fingerprint density at radius 3 is 2.29 bits per heavy atom. The molecule has 45 heavy (non-hydrogen) atoms. The van der Waals surface area contributed by atoms with Crippen LogP contribution >= 0.6 is 0 Å². The Hall–Kier alpha value is -4.95. The van der Waals surface area contributed by atoms with Crippen molar-refractivity contribution in [3.63, 3.8) is 0 Å². The Labute approximate surface area is 261 Å². The van der Waals surface area contributed by atoms with Gasteiger partial charge in [0.1, 0.15) is 18.0 Å². The first-order valence-corrected chi connectivity index (χ1v) is 15.6. The van der Waals surface area contributed by atoms with Crippen LogP contribution in [0.4, 0.5) is 11.4 Å². The molecule has 4 rings (SSSR count). The summed E-state index contributed by atoms with van der Waals surface area (Å²) in [5.74, 6) is -0.230. The van der Waals surface area contributed by atoms with Gasteiger partial charge in [0.2, 0.25) is 5.91 Å². The number of anilines is 2. The van der Waals surface area contributed by atoms with Crippen molar-refractivity contribution in [3.05, 3.63) is 78.4 Å². The van der Waals surface area contributed by atoms with E-state index in [4.69, 9.17) is 14.2 Å². The lowest BCUT2D eigenvalue weighted by Crippen LogP contribution is -2.39. The number of nitrogens with one attached hydrogen (secondary N) is 3. The zero-order valence-electron chi connectivity index (χ0n) is 24.9. The van der Waals surface area contributed by atoms with Gasteiger partial charge in [0, 0.05) is 25.8 Å². The van der Waals surface area contributed by atoms with Gasteiger partial charge in [-0.3, -0.25) is 18.7 Å². The van der Waals surface area contributed by atoms with Crippen LogP contribution in [0.5, 0.6) is 11.5 Å². The fraction of sp³-hybridized carbons (Fsp3) is 0.290. The minimum atomic E-state index is -4.20. The molecule has 238 valence electrons. The number of carbonyl (C=O) groups excluding carboxylic acids is 3. The maximum atomic E-state index is 13.6. The average Bonchev–Trinajstić information content (AvgIpc) is 3.56. The van der Waals surface area contributed by atoms with E-state index in [-0.39, 0.29) is 35.1 Å². The average molecular weight is 638 g/mol. The lowest BCUT2D eigenvalue weighted by molar-refractivity contribution is -0.123. The van der Waals surface area contributed by atoms with Crippen LogP contribution in [0.25, 0.3) is 0 Å². The lowest BCUT2D eigenvalue weighted by Gasteiger charge is -2.24. The van der Waals surface area contributed by atoms with Crippen molar-refractivity contribution in [2.45, 2.75) is 30.8 Å². The minimum Gasteiger partial charge on any atom is -0.497 e. The standard InChI is InChI=1S/C31H35N5O8S/c1-22(37)34-24-7-15-29(16-8-24)45(40,41)36(25-9-13-26(42-2)14-10-25)20-30(38)35-33-18-23-5-11-27(12-6-23)44-21-31(39)32-19-28-4-3-17-43-28/h5-16,18,28H,3-4,17,19-21H2,1-2H3,(H,32,39)(H,34,37)(H,35,38)/b33-18-/t28-/m0/s1. The van der Waals surface area contributed by atoms with E-state index in [0.29, 0.717) is 29.3 Å². The summed E-state index contributed by atoms with van der Waals surface area (Å²) in [5.41, 5.74) is 3.65. The molecule has 13 nitrogen and oxygen atoms in total. The van der Waals surface area contributed by atoms with E-state index in [0.717, 1.165) is 23.8 Å². The van der Waals surface area contributed by atoms with Crippen LogP contribution in [0, 0.1) is 0 Å². The Bertz CT molecular complexity index is 1590. The Morgan fingerprint density at radius 2 is 1.67 bits per heavy atom. The first-order chi connectivity index (χ1) is 21.6. The van der Waals surface area contributed by atoms with Gasteiger partial charge >= 0.3 is 0 Å². The van der Waals surface area contributed by atoms with Crippen molar-refractivity contribution in [2.75, 3.05) is 43.0 Å². The molecule has 0 aliphatic carbocycles. The third-order valence-corrected chi connectivity index (χ3v) is 8.40. The number of rotatable bonds is 14. The largest absolute Gasteiger partial charge is 0.497 e. The Morgan fingerprint density at radius 1 is 0.978 bits per heavy atom. The first kappa shape index (κ1) is 33.0. The molecule has 0 unspecified atom stereocenters. The number of carbonyl (C=O) groups is 3. The number of ether oxygens (including phenoxy) is 3. The highest BCUT2D eigenvalue weighted by atomic mass is 32.2. The maximum Gasteiger partial charge on any atom is 0.264 e. The minimum absolute atomic E-state index is 0.0532. The van der Waals surface area contributed by atoms with E-state index in [1.807, 2.05) is 0 Å². The zero-order chi connectivity index (χ0) is 32.2. The number of hydrogen-bond donors (Lipinski definition) is 3. The molecule has 0 aromatic heterocycles. The Balaban J connectivity index is 1.35. The molecule has 3 aromatic rings. The summed E-state index contributed by atoms with van der Waals surface area (Å²) < 4.78 is 44.4. The molecule has 1 saturated heterocycles. The summed E-state index contributed by atoms with van der Waals surface area (Å²) in [6.45, 7) is 1.82. The van der Waals surface area contributed by atoms with Crippen molar-refractivity contribution >= 4 is 45.3 Å². The molecule has 0 spiro atoms. The van der Waals surface area contributed by atoms with Crippen molar-refractivity contribution in [2.24, 2.45) is 5.10 Å². The molecular formula is C31H35N5O8S. The van der Waals surface area contributed by atoms with Gasteiger partial charge in [-0.25, -0.2) is 13.8 Å². The van der Waals surface area contributed by atoms with Gasteiger partial charge < -0.3 is 24.8 Å². The number of amides is 3. The fourth-order valence-electron chi connectivity index (χ4n) is 4.33. The lowest BCUT2D eigenvalue weighted by atomic mass is 10.2. The summed E-state index contributed by atoms with van der Waals surface area (Å²) in [6, 6.07) is 18.5. The van der Waals surface area contributed by atoms with Crippen molar-refractivity contribution in [1.29, 1.82) is 0 Å². The van der Waals surface area contributed by atoms with Crippen LogP contribution in [0.15, 0.2) is 82.8 Å². The van der Waals surface area contributed by atoms with E-state index in [2.05, 4.69) is 21.2 Å². The fourth-order valence-corrected chi connectivity index (χ4v) is 5.75. The normalized spacial score (nSPS) is 14.5. The molecule has 0 saturated carbocycles. The summed E-state index contributed by atoms with van der Waals surface area (Å²) >= 11 is 0. The summed E-state index contributed by atoms with van der Waals surface area (Å²) in [7, 11) is -2.71. The monoisotopic (exact) mass is 637 g/mol. The van der Waals surface area contributed by atoms with Gasteiger partial charge in [-0.05, 0) is 91.2 Å². The second-order valence-electron chi connectivity index (χ2n) is 10.0. The van der Waals surface area contributed by atoms with Gasteiger partial charge in [-0.15, -0.1) is 0 Å². The second-order valence-corrected chi connectivity index (χ2v) is 11.9. The molecule has 14 heteroatoms. The predicted octanol–water partition coefficient (Wildman–Crippen LogP) is 2.67. The molecule has 1 aliphatic rings. The smallest absolute Gasteiger partial charge is 0.264 e. The number of methoxy groups -OCH3 is 1. The van der Waals surface area contributed by atoms with Crippen LogP contribution in [0.1, 0.15) is 25.3 Å². The Kier molecular flexibility index (Phi) is 11.5. The second kappa shape index (κ2) is 15.7. The van der Waals surface area contributed by atoms with Gasteiger partial charge in [-0.2, -0.15) is 5.10 Å². The van der Waals surface area contributed by atoms with Crippen LogP contribution in [-0.4, -0.2) is 71.9 Å². The van der Waals surface area contributed by atoms with Gasteiger partial charge in [-0.1, -0.05) is 0 Å². The molecule has 3 aromatic carbocycles. The van der Waals surface area contributed by atoms with E-state index in [1.54, 1.807) is 36.4 Å². The van der Waals surface area contributed by atoms with E-state index >= 15 is 0 Å². The highest BCUT2D eigenvalue weighted by Crippen LogP contribution is 2.26. The molecule has 1 fully saturated rings. The van der Waals surface area contributed by atoms with Gasteiger partial charge in [0.25, 0.3) is 21.8 Å². The molecule has 3 amide bonds. The van der Waals surface area contributed by atoms with Crippen LogP contribution in [0.2, 0.25) is 0 Å². The van der Waals surface area contributed by atoms with Crippen molar-refractivity contribution < 1.29 is 37.0 Å². The molecule has 0 bridgehead atoms. The van der Waals surface area contributed by atoms with E-state index in [1.165, 1.54) is 56.6 Å². The van der Waals surface area contributed by atoms with Crippen molar-refractivity contribution in [1.82, 2.24) is 10.7 Å². The topological polar surface area (TPSA) is 165 Å². The predicted molar refractivity (Wildman–Crippen MR) is 168 cm³/mol.